The summed E-state index contributed by atoms with van der Waals surface area (Å²) in [5.74, 6) is 0. The zero-order chi connectivity index (χ0) is 16.3. The van der Waals surface area contributed by atoms with Crippen LogP contribution in [0, 0.1) is 10.1 Å². The number of nitro benzene ring substituents is 1. The summed E-state index contributed by atoms with van der Waals surface area (Å²) < 4.78 is 0. The largest absolute Gasteiger partial charge is 0.353 e. The summed E-state index contributed by atoms with van der Waals surface area (Å²) >= 11 is 10.8. The van der Waals surface area contributed by atoms with Crippen LogP contribution in [-0.4, -0.2) is 28.5 Å². The Kier molecular flexibility index (Phi) is 4.95. The number of hydrogen-bond acceptors (Lipinski definition) is 5. The monoisotopic (exact) mass is 340 g/mol. The van der Waals surface area contributed by atoms with E-state index in [1.807, 2.05) is 0 Å². The quantitative estimate of drug-likeness (QED) is 0.458. The third-order valence-electron chi connectivity index (χ3n) is 3.01. The van der Waals surface area contributed by atoms with Gasteiger partial charge in [-0.1, -0.05) is 24.3 Å². The number of anilines is 1. The molecular formula is C14H10Cl2N2O4. The second kappa shape index (κ2) is 6.72. The molecule has 0 radical (unpaired) electrons. The highest BCUT2D eigenvalue weighted by Gasteiger charge is 2.19. The Balaban J connectivity index is 2.65. The average Bonchev–Trinajstić information content (AvgIpc) is 2.44. The number of non-ortho nitro benzene ring substituents is 1. The smallest absolute Gasteiger partial charge is 0.272 e. The molecule has 6 nitrogen and oxygen atoms in total. The molecule has 2 aromatic carbocycles. The van der Waals surface area contributed by atoms with Crippen molar-refractivity contribution in [3.05, 3.63) is 46.5 Å². The minimum atomic E-state index is -0.700. The van der Waals surface area contributed by atoms with E-state index in [2.05, 4.69) is 0 Å². The fourth-order valence-electron chi connectivity index (χ4n) is 2.17. The van der Waals surface area contributed by atoms with Gasteiger partial charge in [-0.15, -0.1) is 0 Å². The van der Waals surface area contributed by atoms with Crippen LogP contribution in [0.25, 0.3) is 10.8 Å². The molecule has 114 valence electrons. The number of nitro groups is 1. The van der Waals surface area contributed by atoms with Crippen molar-refractivity contribution in [1.82, 2.24) is 0 Å². The molecule has 0 unspecified atom stereocenters. The summed E-state index contributed by atoms with van der Waals surface area (Å²) in [5, 5.41) is 10.9. The zero-order valence-corrected chi connectivity index (χ0v) is 12.7. The molecule has 0 bridgehead atoms. The van der Waals surface area contributed by atoms with Gasteiger partial charge in [0.25, 0.3) is 5.69 Å². The number of nitrogens with zero attached hydrogens (tertiary/aromatic N) is 2. The van der Waals surface area contributed by atoms with Gasteiger partial charge in [-0.2, -0.15) is 0 Å². The van der Waals surface area contributed by atoms with E-state index in [-0.39, 0.29) is 18.8 Å². The standard InChI is InChI=1S/C14H10Cl2N2O4/c15-13(19)7-17(8-14(16)20)12-6-10(18(21)22)5-9-3-1-2-4-11(9)12/h1-6H,7-8H2. The minimum Gasteiger partial charge on any atom is -0.353 e. The van der Waals surface area contributed by atoms with Crippen LogP contribution in [0.3, 0.4) is 0 Å². The van der Waals surface area contributed by atoms with Gasteiger partial charge < -0.3 is 4.90 Å². The molecule has 2 rings (SSSR count). The molecule has 0 N–H and O–H groups in total. The summed E-state index contributed by atoms with van der Waals surface area (Å²) in [5.41, 5.74) is 0.204. The van der Waals surface area contributed by atoms with Crippen LogP contribution < -0.4 is 4.90 Å². The number of carbonyl (C=O) groups is 2. The highest BCUT2D eigenvalue weighted by Crippen LogP contribution is 2.32. The molecule has 2 aromatic rings. The van der Waals surface area contributed by atoms with E-state index in [4.69, 9.17) is 23.2 Å². The Bertz CT molecular complexity index is 748. The van der Waals surface area contributed by atoms with Crippen molar-refractivity contribution in [2.45, 2.75) is 0 Å². The van der Waals surface area contributed by atoms with Crippen molar-refractivity contribution < 1.29 is 14.5 Å². The minimum absolute atomic E-state index is 0.150. The molecule has 0 spiro atoms. The van der Waals surface area contributed by atoms with E-state index in [9.17, 15) is 19.7 Å². The van der Waals surface area contributed by atoms with Crippen LogP contribution in [0.1, 0.15) is 0 Å². The third kappa shape index (κ3) is 3.72. The van der Waals surface area contributed by atoms with Crippen LogP contribution in [0.2, 0.25) is 0 Å². The number of hydrogen-bond donors (Lipinski definition) is 0. The molecule has 0 atom stereocenters. The van der Waals surface area contributed by atoms with E-state index in [0.717, 1.165) is 0 Å². The van der Waals surface area contributed by atoms with Crippen molar-refractivity contribution in [3.63, 3.8) is 0 Å². The van der Waals surface area contributed by atoms with Crippen LogP contribution in [0.4, 0.5) is 11.4 Å². The first-order chi connectivity index (χ1) is 10.4. The molecule has 0 aliphatic heterocycles. The number of benzene rings is 2. The van der Waals surface area contributed by atoms with Crippen molar-refractivity contribution >= 4 is 55.8 Å². The Morgan fingerprint density at radius 2 is 1.68 bits per heavy atom. The summed E-state index contributed by atoms with van der Waals surface area (Å²) in [7, 11) is 0. The van der Waals surface area contributed by atoms with Crippen LogP contribution in [0.5, 0.6) is 0 Å². The normalized spacial score (nSPS) is 10.5. The van der Waals surface area contributed by atoms with Crippen molar-refractivity contribution in [2.75, 3.05) is 18.0 Å². The molecule has 0 aromatic heterocycles. The van der Waals surface area contributed by atoms with Gasteiger partial charge in [0.05, 0.1) is 23.7 Å². The number of rotatable bonds is 6. The first kappa shape index (κ1) is 16.2. The van der Waals surface area contributed by atoms with Gasteiger partial charge in [0, 0.05) is 17.5 Å². The first-order valence-corrected chi connectivity index (χ1v) is 6.93. The molecule has 0 heterocycles. The summed E-state index contributed by atoms with van der Waals surface area (Å²) in [6, 6.07) is 9.64. The zero-order valence-electron chi connectivity index (χ0n) is 11.2. The average molecular weight is 341 g/mol. The predicted molar refractivity (Wildman–Crippen MR) is 84.5 cm³/mol. The van der Waals surface area contributed by atoms with Crippen LogP contribution in [0.15, 0.2) is 36.4 Å². The van der Waals surface area contributed by atoms with Gasteiger partial charge in [-0.25, -0.2) is 0 Å². The van der Waals surface area contributed by atoms with Crippen LogP contribution in [-0.2, 0) is 9.59 Å². The molecule has 0 saturated heterocycles. The van der Waals surface area contributed by atoms with E-state index in [0.29, 0.717) is 16.5 Å². The molecule has 8 heteroatoms. The van der Waals surface area contributed by atoms with E-state index in [1.54, 1.807) is 24.3 Å². The van der Waals surface area contributed by atoms with Gasteiger partial charge in [0.2, 0.25) is 10.5 Å². The van der Waals surface area contributed by atoms with Crippen molar-refractivity contribution in [3.8, 4) is 0 Å². The van der Waals surface area contributed by atoms with E-state index in [1.165, 1.54) is 17.0 Å². The topological polar surface area (TPSA) is 80.5 Å². The van der Waals surface area contributed by atoms with Crippen molar-refractivity contribution in [2.24, 2.45) is 0 Å². The number of fused-ring (bicyclic) bond motifs is 1. The fraction of sp³-hybridized carbons (Fsp3) is 0.143. The summed E-state index contributed by atoms with van der Waals surface area (Å²) in [6.45, 7) is -0.573. The molecule has 22 heavy (non-hydrogen) atoms. The van der Waals surface area contributed by atoms with Crippen LogP contribution >= 0.6 is 23.2 Å². The van der Waals surface area contributed by atoms with Gasteiger partial charge in [-0.3, -0.25) is 19.7 Å². The summed E-state index contributed by atoms with van der Waals surface area (Å²) in [6.07, 6.45) is 0. The molecular weight excluding hydrogens is 331 g/mol. The second-order valence-corrected chi connectivity index (χ2v) is 5.35. The van der Waals surface area contributed by atoms with E-state index >= 15 is 0 Å². The van der Waals surface area contributed by atoms with Gasteiger partial charge in [-0.05, 0) is 28.6 Å². The second-order valence-electron chi connectivity index (χ2n) is 4.51. The lowest BCUT2D eigenvalue weighted by molar-refractivity contribution is -0.384. The number of carbonyl (C=O) groups excluding carboxylic acids is 2. The van der Waals surface area contributed by atoms with Gasteiger partial charge >= 0.3 is 0 Å². The van der Waals surface area contributed by atoms with Crippen molar-refractivity contribution in [1.29, 1.82) is 0 Å². The molecule has 0 amide bonds. The lowest BCUT2D eigenvalue weighted by Gasteiger charge is -2.22. The lowest BCUT2D eigenvalue weighted by Crippen LogP contribution is -2.31. The Labute approximate surface area is 135 Å². The lowest BCUT2D eigenvalue weighted by atomic mass is 10.1. The maximum absolute atomic E-state index is 11.2. The molecule has 0 saturated carbocycles. The molecule has 0 aliphatic carbocycles. The number of halogens is 2. The Morgan fingerprint density at radius 3 is 2.23 bits per heavy atom. The Hall–Kier alpha value is -2.18. The van der Waals surface area contributed by atoms with E-state index < -0.39 is 15.4 Å². The maximum atomic E-state index is 11.2. The predicted octanol–water partition coefficient (Wildman–Crippen LogP) is 3.09. The fourth-order valence-corrected chi connectivity index (χ4v) is 2.46. The SMILES string of the molecule is O=C(Cl)CN(CC(=O)Cl)c1cc([N+](=O)[O-])cc2ccccc12. The highest BCUT2D eigenvalue weighted by molar-refractivity contribution is 6.65. The van der Waals surface area contributed by atoms with Gasteiger partial charge in [0.1, 0.15) is 0 Å². The first-order valence-electron chi connectivity index (χ1n) is 6.17. The Morgan fingerprint density at radius 1 is 1.09 bits per heavy atom. The highest BCUT2D eigenvalue weighted by atomic mass is 35.5. The third-order valence-corrected chi connectivity index (χ3v) is 3.25. The maximum Gasteiger partial charge on any atom is 0.272 e. The summed E-state index contributed by atoms with van der Waals surface area (Å²) in [4.78, 5) is 34.2. The molecule has 0 aliphatic rings. The van der Waals surface area contributed by atoms with Gasteiger partial charge in [0.15, 0.2) is 0 Å². The molecule has 0 fully saturated rings.